The van der Waals surface area contributed by atoms with Gasteiger partial charge in [-0.15, -0.1) is 0 Å². The summed E-state index contributed by atoms with van der Waals surface area (Å²) >= 11 is 5.89. The van der Waals surface area contributed by atoms with Gasteiger partial charge in [0.15, 0.2) is 0 Å². The first-order valence-corrected chi connectivity index (χ1v) is 8.09. The highest BCUT2D eigenvalue weighted by Gasteiger charge is 2.19. The first-order chi connectivity index (χ1) is 11.7. The molecule has 2 rings (SSSR count). The summed E-state index contributed by atoms with van der Waals surface area (Å²) in [5.74, 6) is -1.76. The summed E-state index contributed by atoms with van der Waals surface area (Å²) in [6.07, 6.45) is 0.317. The second kappa shape index (κ2) is 7.57. The molecule has 25 heavy (non-hydrogen) atoms. The minimum atomic E-state index is -1.10. The Bertz CT molecular complexity index is 889. The second-order valence-electron chi connectivity index (χ2n) is 5.66. The van der Waals surface area contributed by atoms with Gasteiger partial charge in [0.05, 0.1) is 5.02 Å². The molecule has 0 spiro atoms. The Balaban J connectivity index is 2.24. The van der Waals surface area contributed by atoms with E-state index in [1.165, 1.54) is 12.1 Å². The summed E-state index contributed by atoms with van der Waals surface area (Å²) in [7, 11) is 0. The lowest BCUT2D eigenvalue weighted by Gasteiger charge is -2.12. The lowest BCUT2D eigenvalue weighted by atomic mass is 10.0. The third-order valence-electron chi connectivity index (χ3n) is 4.00. The number of carboxylic acids is 1. The van der Waals surface area contributed by atoms with Gasteiger partial charge in [-0.3, -0.25) is 4.79 Å². The summed E-state index contributed by atoms with van der Waals surface area (Å²) in [5.41, 5.74) is 0.512. The number of halogens is 1. The van der Waals surface area contributed by atoms with Crippen LogP contribution in [0.2, 0.25) is 5.02 Å². The van der Waals surface area contributed by atoms with E-state index in [1.54, 1.807) is 13.8 Å². The highest BCUT2D eigenvalue weighted by molar-refractivity contribution is 6.32. The van der Waals surface area contributed by atoms with Gasteiger partial charge in [0.25, 0.3) is 0 Å². The molecule has 1 amide bonds. The maximum Gasteiger partial charge on any atom is 0.339 e. The zero-order valence-corrected chi connectivity index (χ0v) is 14.5. The molecule has 1 heterocycles. The Morgan fingerprint density at radius 1 is 1.36 bits per heavy atom. The maximum absolute atomic E-state index is 12.1. The minimum Gasteiger partial charge on any atom is -0.506 e. The number of phenols is 1. The van der Waals surface area contributed by atoms with Crippen molar-refractivity contribution in [3.05, 3.63) is 38.7 Å². The lowest BCUT2D eigenvalue weighted by Crippen LogP contribution is -2.40. The number of benzene rings is 1. The van der Waals surface area contributed by atoms with Crippen LogP contribution in [-0.2, 0) is 16.0 Å². The molecule has 3 N–H and O–H groups in total. The first kappa shape index (κ1) is 18.8. The van der Waals surface area contributed by atoms with E-state index in [0.29, 0.717) is 16.5 Å². The SMILES string of the molecule is CC[C@H](NC(=O)CCc1c(C)c2cc(Cl)c(O)cc2oc1=O)C(=O)O. The quantitative estimate of drug-likeness (QED) is 0.675. The van der Waals surface area contributed by atoms with Gasteiger partial charge < -0.3 is 19.9 Å². The van der Waals surface area contributed by atoms with Gasteiger partial charge in [-0.1, -0.05) is 18.5 Å². The molecule has 0 fully saturated rings. The summed E-state index contributed by atoms with van der Waals surface area (Å²) < 4.78 is 5.18. The van der Waals surface area contributed by atoms with E-state index < -0.39 is 23.5 Å². The maximum atomic E-state index is 12.1. The van der Waals surface area contributed by atoms with Crippen molar-refractivity contribution in [3.63, 3.8) is 0 Å². The number of aliphatic carboxylic acids is 1. The van der Waals surface area contributed by atoms with Crippen molar-refractivity contribution in [2.75, 3.05) is 0 Å². The van der Waals surface area contributed by atoms with Crippen LogP contribution in [0.15, 0.2) is 21.3 Å². The third-order valence-corrected chi connectivity index (χ3v) is 4.30. The van der Waals surface area contributed by atoms with E-state index in [9.17, 15) is 19.5 Å². The van der Waals surface area contributed by atoms with Crippen molar-refractivity contribution in [2.24, 2.45) is 0 Å². The van der Waals surface area contributed by atoms with Crippen molar-refractivity contribution in [3.8, 4) is 5.75 Å². The number of rotatable bonds is 6. The van der Waals surface area contributed by atoms with Crippen LogP contribution in [0.3, 0.4) is 0 Å². The van der Waals surface area contributed by atoms with E-state index in [0.717, 1.165) is 0 Å². The fourth-order valence-corrected chi connectivity index (χ4v) is 2.69. The molecule has 8 heteroatoms. The van der Waals surface area contributed by atoms with E-state index in [4.69, 9.17) is 21.1 Å². The molecule has 7 nitrogen and oxygen atoms in total. The standard InChI is InChI=1S/C17H18ClNO6/c1-3-12(16(22)23)19-15(21)5-4-9-8(2)10-6-11(18)13(20)7-14(10)25-17(9)24/h6-7,12,20H,3-5H2,1-2H3,(H,19,21)(H,22,23)/t12-/m0/s1. The van der Waals surface area contributed by atoms with Gasteiger partial charge in [-0.2, -0.15) is 0 Å². The molecule has 0 radical (unpaired) electrons. The summed E-state index contributed by atoms with van der Waals surface area (Å²) in [4.78, 5) is 35.0. The predicted octanol–water partition coefficient (Wildman–Crippen LogP) is 2.37. The van der Waals surface area contributed by atoms with Crippen LogP contribution in [0.5, 0.6) is 5.75 Å². The normalized spacial score (nSPS) is 12.1. The molecule has 1 aromatic heterocycles. The second-order valence-corrected chi connectivity index (χ2v) is 6.07. The number of nitrogens with one attached hydrogen (secondary N) is 1. The number of hydrogen-bond donors (Lipinski definition) is 3. The fraction of sp³-hybridized carbons (Fsp3) is 0.353. The number of phenolic OH excluding ortho intramolecular Hbond substituents is 1. The Labute approximate surface area is 148 Å². The van der Waals surface area contributed by atoms with Crippen LogP contribution in [0.4, 0.5) is 0 Å². The van der Waals surface area contributed by atoms with Crippen LogP contribution in [-0.4, -0.2) is 28.1 Å². The topological polar surface area (TPSA) is 117 Å². The van der Waals surface area contributed by atoms with Gasteiger partial charge in [0.1, 0.15) is 17.4 Å². The number of carbonyl (C=O) groups is 2. The number of amides is 1. The molecule has 0 aliphatic rings. The zero-order valence-electron chi connectivity index (χ0n) is 13.8. The molecule has 0 bridgehead atoms. The molecule has 1 atom stereocenters. The largest absolute Gasteiger partial charge is 0.506 e. The van der Waals surface area contributed by atoms with Gasteiger partial charge in [-0.25, -0.2) is 9.59 Å². The van der Waals surface area contributed by atoms with E-state index in [1.807, 2.05) is 0 Å². The molecule has 134 valence electrons. The van der Waals surface area contributed by atoms with Crippen LogP contribution in [0.25, 0.3) is 11.0 Å². The number of carbonyl (C=O) groups excluding carboxylic acids is 1. The molecular weight excluding hydrogens is 350 g/mol. The number of aromatic hydroxyl groups is 1. The summed E-state index contributed by atoms with van der Waals surface area (Å²) in [6.45, 7) is 3.35. The van der Waals surface area contributed by atoms with Crippen molar-refractivity contribution in [1.82, 2.24) is 5.32 Å². The molecule has 0 aliphatic carbocycles. The third kappa shape index (κ3) is 4.11. The minimum absolute atomic E-state index is 0.0489. The van der Waals surface area contributed by atoms with E-state index >= 15 is 0 Å². The molecule has 0 saturated heterocycles. The number of fused-ring (bicyclic) bond motifs is 1. The Morgan fingerprint density at radius 3 is 2.64 bits per heavy atom. The van der Waals surface area contributed by atoms with Gasteiger partial charge >= 0.3 is 11.6 Å². The molecule has 2 aromatic rings. The fourth-order valence-electron chi connectivity index (χ4n) is 2.53. The summed E-state index contributed by atoms with van der Waals surface area (Å²) in [6, 6.07) is 1.80. The smallest absolute Gasteiger partial charge is 0.339 e. The van der Waals surface area contributed by atoms with Crippen molar-refractivity contribution >= 4 is 34.4 Å². The Morgan fingerprint density at radius 2 is 2.04 bits per heavy atom. The Kier molecular flexibility index (Phi) is 5.69. The number of hydrogen-bond acceptors (Lipinski definition) is 5. The molecular formula is C17H18ClNO6. The highest BCUT2D eigenvalue weighted by Crippen LogP contribution is 2.30. The number of carboxylic acid groups (broad SMARTS) is 1. The van der Waals surface area contributed by atoms with Crippen molar-refractivity contribution in [1.29, 1.82) is 0 Å². The first-order valence-electron chi connectivity index (χ1n) is 7.71. The molecule has 0 aliphatic heterocycles. The van der Waals surface area contributed by atoms with Crippen molar-refractivity contribution in [2.45, 2.75) is 39.2 Å². The van der Waals surface area contributed by atoms with Gasteiger partial charge in [0, 0.05) is 23.4 Å². The van der Waals surface area contributed by atoms with Gasteiger partial charge in [0.2, 0.25) is 5.91 Å². The van der Waals surface area contributed by atoms with E-state index in [-0.39, 0.29) is 35.6 Å². The molecule has 0 saturated carbocycles. The Hall–Kier alpha value is -2.54. The summed E-state index contributed by atoms with van der Waals surface area (Å²) in [5, 5.41) is 21.6. The highest BCUT2D eigenvalue weighted by atomic mass is 35.5. The molecule has 1 aromatic carbocycles. The lowest BCUT2D eigenvalue weighted by molar-refractivity contribution is -0.141. The van der Waals surface area contributed by atoms with E-state index in [2.05, 4.69) is 5.32 Å². The average Bonchev–Trinajstić information content (AvgIpc) is 2.54. The van der Waals surface area contributed by atoms with Gasteiger partial charge in [-0.05, 0) is 31.4 Å². The van der Waals surface area contributed by atoms with Crippen LogP contribution in [0.1, 0.15) is 30.9 Å². The molecule has 0 unspecified atom stereocenters. The van der Waals surface area contributed by atoms with Crippen molar-refractivity contribution < 1.29 is 24.2 Å². The number of aryl methyl sites for hydroxylation is 1. The monoisotopic (exact) mass is 367 g/mol. The predicted molar refractivity (Wildman–Crippen MR) is 92.1 cm³/mol. The van der Waals surface area contributed by atoms with Crippen LogP contribution in [0, 0.1) is 6.92 Å². The van der Waals surface area contributed by atoms with Crippen LogP contribution < -0.4 is 10.9 Å². The zero-order chi connectivity index (χ0) is 18.7. The average molecular weight is 368 g/mol. The van der Waals surface area contributed by atoms with Crippen LogP contribution >= 0.6 is 11.6 Å².